The molecule has 2 N–H and O–H groups in total. The van der Waals surface area contributed by atoms with E-state index >= 15 is 0 Å². The summed E-state index contributed by atoms with van der Waals surface area (Å²) < 4.78 is 0. The zero-order valence-electron chi connectivity index (χ0n) is 7.38. The van der Waals surface area contributed by atoms with E-state index in [-0.39, 0.29) is 0 Å². The smallest absolute Gasteiger partial charge is 0.303 e. The van der Waals surface area contributed by atoms with Crippen LogP contribution in [0.1, 0.15) is 32.1 Å². The molecule has 1 saturated carbocycles. The maximum Gasteiger partial charge on any atom is 0.303 e. The molecule has 12 heavy (non-hydrogen) atoms. The fourth-order valence-corrected chi connectivity index (χ4v) is 1.15. The van der Waals surface area contributed by atoms with Crippen LogP contribution in [0.4, 0.5) is 0 Å². The maximum absolute atomic E-state index is 10.1. The Morgan fingerprint density at radius 3 is 2.75 bits per heavy atom. The molecular formula is C9H17NO2. The Morgan fingerprint density at radius 1 is 1.42 bits per heavy atom. The third kappa shape index (κ3) is 5.13. The summed E-state index contributed by atoms with van der Waals surface area (Å²) in [5, 5.41) is 11.7. The van der Waals surface area contributed by atoms with Crippen molar-refractivity contribution in [3.63, 3.8) is 0 Å². The van der Waals surface area contributed by atoms with Crippen LogP contribution in [-0.4, -0.2) is 24.2 Å². The largest absolute Gasteiger partial charge is 0.481 e. The van der Waals surface area contributed by atoms with Crippen molar-refractivity contribution in [2.45, 2.75) is 32.1 Å². The first-order valence-electron chi connectivity index (χ1n) is 4.71. The summed E-state index contributed by atoms with van der Waals surface area (Å²) in [6.45, 7) is 2.11. The van der Waals surface area contributed by atoms with Crippen LogP contribution in [0.25, 0.3) is 0 Å². The van der Waals surface area contributed by atoms with Crippen LogP contribution in [0.3, 0.4) is 0 Å². The summed E-state index contributed by atoms with van der Waals surface area (Å²) in [5.41, 5.74) is 0. The van der Waals surface area contributed by atoms with Gasteiger partial charge in [-0.2, -0.15) is 0 Å². The molecule has 0 spiro atoms. The van der Waals surface area contributed by atoms with E-state index in [9.17, 15) is 4.79 Å². The van der Waals surface area contributed by atoms with E-state index in [1.165, 1.54) is 12.8 Å². The minimum absolute atomic E-state index is 0.311. The van der Waals surface area contributed by atoms with Crippen molar-refractivity contribution in [1.82, 2.24) is 5.32 Å². The van der Waals surface area contributed by atoms with E-state index in [4.69, 9.17) is 5.11 Å². The van der Waals surface area contributed by atoms with Gasteiger partial charge in [-0.25, -0.2) is 0 Å². The van der Waals surface area contributed by atoms with Gasteiger partial charge in [0.1, 0.15) is 0 Å². The quantitative estimate of drug-likeness (QED) is 0.567. The highest BCUT2D eigenvalue weighted by Crippen LogP contribution is 2.27. The lowest BCUT2D eigenvalue weighted by Gasteiger charge is -2.01. The fraction of sp³-hybridized carbons (Fsp3) is 0.889. The standard InChI is InChI=1S/C9H17NO2/c11-9(12)3-1-2-6-10-7-8-4-5-8/h8,10H,1-7H2,(H,11,12). The number of nitrogens with one attached hydrogen (secondary N) is 1. The summed E-state index contributed by atoms with van der Waals surface area (Å²) in [7, 11) is 0. The number of hydrogen-bond acceptors (Lipinski definition) is 2. The highest BCUT2D eigenvalue weighted by atomic mass is 16.4. The number of carboxylic acids is 1. The van der Waals surface area contributed by atoms with Gasteiger partial charge in [-0.05, 0) is 44.7 Å². The van der Waals surface area contributed by atoms with Crippen LogP contribution in [0.15, 0.2) is 0 Å². The molecular weight excluding hydrogens is 154 g/mol. The molecule has 0 aromatic rings. The number of hydrogen-bond donors (Lipinski definition) is 2. The van der Waals surface area contributed by atoms with Gasteiger partial charge in [0.05, 0.1) is 0 Å². The minimum atomic E-state index is -0.683. The van der Waals surface area contributed by atoms with Crippen molar-refractivity contribution in [3.05, 3.63) is 0 Å². The van der Waals surface area contributed by atoms with Crippen LogP contribution in [0.5, 0.6) is 0 Å². The summed E-state index contributed by atoms with van der Waals surface area (Å²) in [6.07, 6.45) is 4.85. The first-order chi connectivity index (χ1) is 5.79. The SMILES string of the molecule is O=C(O)CCCCNCC1CC1. The third-order valence-corrected chi connectivity index (χ3v) is 2.12. The van der Waals surface area contributed by atoms with Crippen molar-refractivity contribution in [1.29, 1.82) is 0 Å². The molecule has 0 aliphatic heterocycles. The summed E-state index contributed by atoms with van der Waals surface area (Å²) in [6, 6.07) is 0. The number of aliphatic carboxylic acids is 1. The number of carbonyl (C=O) groups is 1. The van der Waals surface area contributed by atoms with Gasteiger partial charge in [-0.1, -0.05) is 0 Å². The van der Waals surface area contributed by atoms with E-state index in [1.54, 1.807) is 0 Å². The molecule has 0 aromatic carbocycles. The maximum atomic E-state index is 10.1. The third-order valence-electron chi connectivity index (χ3n) is 2.12. The van der Waals surface area contributed by atoms with Gasteiger partial charge >= 0.3 is 5.97 Å². The number of rotatable bonds is 7. The zero-order chi connectivity index (χ0) is 8.81. The molecule has 0 radical (unpaired) electrons. The highest BCUT2D eigenvalue weighted by molar-refractivity contribution is 5.66. The summed E-state index contributed by atoms with van der Waals surface area (Å²) in [4.78, 5) is 10.1. The van der Waals surface area contributed by atoms with E-state index in [2.05, 4.69) is 5.32 Å². The normalized spacial score (nSPS) is 16.3. The van der Waals surface area contributed by atoms with Crippen LogP contribution in [0, 0.1) is 5.92 Å². The lowest BCUT2D eigenvalue weighted by molar-refractivity contribution is -0.137. The Morgan fingerprint density at radius 2 is 2.17 bits per heavy atom. The Kier molecular flexibility index (Phi) is 4.08. The molecule has 70 valence electrons. The second kappa shape index (κ2) is 5.14. The molecule has 0 atom stereocenters. The second-order valence-electron chi connectivity index (χ2n) is 3.50. The van der Waals surface area contributed by atoms with Crippen molar-refractivity contribution in [2.24, 2.45) is 5.92 Å². The molecule has 1 fully saturated rings. The van der Waals surface area contributed by atoms with Crippen molar-refractivity contribution in [2.75, 3.05) is 13.1 Å². The zero-order valence-corrected chi connectivity index (χ0v) is 7.38. The van der Waals surface area contributed by atoms with Gasteiger partial charge in [-0.3, -0.25) is 4.79 Å². The Balaban J connectivity index is 1.73. The predicted molar refractivity (Wildman–Crippen MR) is 47.1 cm³/mol. The summed E-state index contributed by atoms with van der Waals surface area (Å²) >= 11 is 0. The van der Waals surface area contributed by atoms with Gasteiger partial charge in [0.15, 0.2) is 0 Å². The molecule has 3 nitrogen and oxygen atoms in total. The molecule has 0 saturated heterocycles. The topological polar surface area (TPSA) is 49.3 Å². The van der Waals surface area contributed by atoms with Gasteiger partial charge < -0.3 is 10.4 Å². The molecule has 0 unspecified atom stereocenters. The Bertz CT molecular complexity index is 143. The molecule has 1 aliphatic rings. The van der Waals surface area contributed by atoms with Gasteiger partial charge in [-0.15, -0.1) is 0 Å². The minimum Gasteiger partial charge on any atom is -0.481 e. The van der Waals surface area contributed by atoms with Crippen LogP contribution < -0.4 is 5.32 Å². The van der Waals surface area contributed by atoms with E-state index in [1.807, 2.05) is 0 Å². The van der Waals surface area contributed by atoms with E-state index in [0.29, 0.717) is 6.42 Å². The first-order valence-corrected chi connectivity index (χ1v) is 4.71. The van der Waals surface area contributed by atoms with Crippen molar-refractivity contribution < 1.29 is 9.90 Å². The molecule has 0 heterocycles. The average Bonchev–Trinajstić information content (AvgIpc) is 2.79. The molecule has 3 heteroatoms. The van der Waals surface area contributed by atoms with Crippen molar-refractivity contribution in [3.8, 4) is 0 Å². The molecule has 0 bridgehead atoms. The Labute approximate surface area is 73.2 Å². The highest BCUT2D eigenvalue weighted by Gasteiger charge is 2.19. The summed E-state index contributed by atoms with van der Waals surface area (Å²) in [5.74, 6) is 0.238. The lowest BCUT2D eigenvalue weighted by atomic mass is 10.2. The molecule has 0 amide bonds. The molecule has 1 aliphatic carbocycles. The first kappa shape index (κ1) is 9.52. The molecule has 1 rings (SSSR count). The van der Waals surface area contributed by atoms with Crippen LogP contribution in [0.2, 0.25) is 0 Å². The van der Waals surface area contributed by atoms with Crippen molar-refractivity contribution >= 4 is 5.97 Å². The fourth-order valence-electron chi connectivity index (χ4n) is 1.15. The van der Waals surface area contributed by atoms with E-state index in [0.717, 1.165) is 31.8 Å². The lowest BCUT2D eigenvalue weighted by Crippen LogP contribution is -2.18. The monoisotopic (exact) mass is 171 g/mol. The Hall–Kier alpha value is -0.570. The van der Waals surface area contributed by atoms with Gasteiger partial charge in [0, 0.05) is 6.42 Å². The van der Waals surface area contributed by atoms with E-state index < -0.39 is 5.97 Å². The second-order valence-corrected chi connectivity index (χ2v) is 3.50. The van der Waals surface area contributed by atoms with Gasteiger partial charge in [0.25, 0.3) is 0 Å². The van der Waals surface area contributed by atoms with Gasteiger partial charge in [0.2, 0.25) is 0 Å². The number of carboxylic acid groups (broad SMARTS) is 1. The number of unbranched alkanes of at least 4 members (excludes halogenated alkanes) is 1. The predicted octanol–water partition coefficient (Wildman–Crippen LogP) is 1.24. The average molecular weight is 171 g/mol. The van der Waals surface area contributed by atoms with Crippen LogP contribution in [-0.2, 0) is 4.79 Å². The molecule has 0 aromatic heterocycles. The van der Waals surface area contributed by atoms with Crippen LogP contribution >= 0.6 is 0 Å².